The number of carbonyl (C=O) groups excluding carboxylic acids is 2. The average molecular weight is 455 g/mol. The van der Waals surface area contributed by atoms with Crippen molar-refractivity contribution < 1.29 is 9.59 Å². The Bertz CT molecular complexity index is 1010. The molecular formula is C25H34N4O2S. The normalized spacial score (nSPS) is 19.7. The van der Waals surface area contributed by atoms with E-state index in [9.17, 15) is 9.59 Å². The summed E-state index contributed by atoms with van der Waals surface area (Å²) in [5.41, 5.74) is 4.10. The lowest BCUT2D eigenvalue weighted by atomic mass is 9.85. The number of aromatic nitrogens is 1. The molecule has 0 unspecified atom stereocenters. The molecule has 2 amide bonds. The Kier molecular flexibility index (Phi) is 6.30. The van der Waals surface area contributed by atoms with E-state index in [1.54, 1.807) is 4.90 Å². The minimum absolute atomic E-state index is 0.00242. The van der Waals surface area contributed by atoms with Crippen LogP contribution in [-0.4, -0.2) is 46.4 Å². The lowest BCUT2D eigenvalue weighted by Crippen LogP contribution is -2.54. The van der Waals surface area contributed by atoms with Gasteiger partial charge in [0.05, 0.1) is 5.69 Å². The van der Waals surface area contributed by atoms with Gasteiger partial charge in [-0.2, -0.15) is 0 Å². The number of carbonyl (C=O) groups is 2. The summed E-state index contributed by atoms with van der Waals surface area (Å²) in [4.78, 5) is 32.9. The summed E-state index contributed by atoms with van der Waals surface area (Å²) in [7, 11) is 0. The van der Waals surface area contributed by atoms with Gasteiger partial charge in [-0.1, -0.05) is 44.5 Å². The molecule has 7 heteroatoms. The van der Waals surface area contributed by atoms with Crippen molar-refractivity contribution in [2.45, 2.75) is 78.4 Å². The van der Waals surface area contributed by atoms with Crippen molar-refractivity contribution in [2.75, 3.05) is 11.9 Å². The van der Waals surface area contributed by atoms with E-state index in [4.69, 9.17) is 4.98 Å². The molecule has 1 saturated heterocycles. The molecular weight excluding hydrogens is 420 g/mol. The highest BCUT2D eigenvalue weighted by atomic mass is 32.1. The van der Waals surface area contributed by atoms with Gasteiger partial charge in [-0.3, -0.25) is 9.59 Å². The molecule has 2 fully saturated rings. The van der Waals surface area contributed by atoms with Crippen LogP contribution in [0.1, 0.15) is 57.6 Å². The van der Waals surface area contributed by atoms with Crippen LogP contribution >= 0.6 is 11.3 Å². The number of rotatable bonds is 6. The van der Waals surface area contributed by atoms with E-state index in [0.717, 1.165) is 42.1 Å². The Labute approximate surface area is 194 Å². The second kappa shape index (κ2) is 8.85. The van der Waals surface area contributed by atoms with Gasteiger partial charge in [0.25, 0.3) is 0 Å². The molecule has 6 nitrogen and oxygen atoms in total. The molecule has 4 rings (SSSR count). The van der Waals surface area contributed by atoms with Crippen LogP contribution in [0.2, 0.25) is 0 Å². The van der Waals surface area contributed by atoms with Crippen molar-refractivity contribution in [3.05, 3.63) is 34.7 Å². The first-order valence-electron chi connectivity index (χ1n) is 11.5. The van der Waals surface area contributed by atoms with Crippen molar-refractivity contribution in [1.29, 1.82) is 0 Å². The zero-order chi connectivity index (χ0) is 23.0. The molecule has 32 heavy (non-hydrogen) atoms. The van der Waals surface area contributed by atoms with Crippen LogP contribution in [0.5, 0.6) is 0 Å². The molecule has 0 spiro atoms. The Morgan fingerprint density at radius 2 is 1.94 bits per heavy atom. The smallest absolute Gasteiger partial charge is 0.246 e. The lowest BCUT2D eigenvalue weighted by Gasteiger charge is -2.35. The quantitative estimate of drug-likeness (QED) is 0.673. The average Bonchev–Trinajstić information content (AvgIpc) is 3.20. The Hall–Kier alpha value is -2.41. The SMILES string of the molecule is Cc1ccc(-c2csc(N[C@H](C(=O)N3CCC[C@H]3C(=O)NC3CC3)C(C)(C)C)n2)c(C)c1. The minimum atomic E-state index is -0.463. The van der Waals surface area contributed by atoms with Crippen LogP contribution in [0.4, 0.5) is 5.13 Å². The van der Waals surface area contributed by atoms with Crippen LogP contribution in [0.25, 0.3) is 11.3 Å². The van der Waals surface area contributed by atoms with Gasteiger partial charge in [0, 0.05) is 23.5 Å². The zero-order valence-electron chi connectivity index (χ0n) is 19.7. The summed E-state index contributed by atoms with van der Waals surface area (Å²) < 4.78 is 0. The van der Waals surface area contributed by atoms with Gasteiger partial charge >= 0.3 is 0 Å². The summed E-state index contributed by atoms with van der Waals surface area (Å²) in [5.74, 6) is -0.0217. The standard InChI is InChI=1S/C25H34N4O2S/c1-15-8-11-18(16(2)13-15)19-14-32-24(27-19)28-21(25(3,4)5)23(31)29-12-6-7-20(29)22(30)26-17-9-10-17/h8,11,13-14,17,20-21H,6-7,9-10,12H2,1-5H3,(H,26,30)(H,27,28)/t20-,21+/m0/s1. The summed E-state index contributed by atoms with van der Waals surface area (Å²) in [6, 6.07) is 5.82. The molecule has 1 aromatic heterocycles. The largest absolute Gasteiger partial charge is 0.352 e. The van der Waals surface area contributed by atoms with Crippen LogP contribution in [-0.2, 0) is 9.59 Å². The van der Waals surface area contributed by atoms with Gasteiger partial charge in [0.15, 0.2) is 5.13 Å². The molecule has 2 atom stereocenters. The molecule has 0 radical (unpaired) electrons. The number of nitrogens with zero attached hydrogens (tertiary/aromatic N) is 2. The number of nitrogens with one attached hydrogen (secondary N) is 2. The van der Waals surface area contributed by atoms with E-state index in [0.29, 0.717) is 12.6 Å². The third kappa shape index (κ3) is 4.98. The van der Waals surface area contributed by atoms with Gasteiger partial charge in [0.1, 0.15) is 12.1 Å². The molecule has 1 aliphatic heterocycles. The number of thiazole rings is 1. The van der Waals surface area contributed by atoms with Crippen LogP contribution in [0.3, 0.4) is 0 Å². The molecule has 1 aromatic carbocycles. The number of hydrogen-bond donors (Lipinski definition) is 2. The molecule has 0 bridgehead atoms. The van der Waals surface area contributed by atoms with Gasteiger partial charge in [-0.15, -0.1) is 11.3 Å². The van der Waals surface area contributed by atoms with E-state index in [1.165, 1.54) is 22.5 Å². The monoisotopic (exact) mass is 454 g/mol. The fourth-order valence-electron chi connectivity index (χ4n) is 4.33. The fraction of sp³-hybridized carbons (Fsp3) is 0.560. The van der Waals surface area contributed by atoms with Gasteiger partial charge in [0.2, 0.25) is 11.8 Å². The van der Waals surface area contributed by atoms with E-state index in [-0.39, 0.29) is 23.3 Å². The Morgan fingerprint density at radius 1 is 1.19 bits per heavy atom. The van der Waals surface area contributed by atoms with E-state index >= 15 is 0 Å². The summed E-state index contributed by atoms with van der Waals surface area (Å²) >= 11 is 1.51. The van der Waals surface area contributed by atoms with Crippen LogP contribution in [0, 0.1) is 19.3 Å². The number of anilines is 1. The topological polar surface area (TPSA) is 74.3 Å². The van der Waals surface area contributed by atoms with Crippen LogP contribution in [0.15, 0.2) is 23.6 Å². The molecule has 2 heterocycles. The first-order valence-corrected chi connectivity index (χ1v) is 12.4. The fourth-order valence-corrected chi connectivity index (χ4v) is 5.07. The summed E-state index contributed by atoms with van der Waals surface area (Å²) in [6.07, 6.45) is 3.69. The van der Waals surface area contributed by atoms with Crippen molar-refractivity contribution >= 4 is 28.3 Å². The highest BCUT2D eigenvalue weighted by Crippen LogP contribution is 2.32. The van der Waals surface area contributed by atoms with Crippen molar-refractivity contribution in [3.63, 3.8) is 0 Å². The van der Waals surface area contributed by atoms with Crippen molar-refractivity contribution in [1.82, 2.24) is 15.2 Å². The number of aryl methyl sites for hydroxylation is 2. The molecule has 1 aliphatic carbocycles. The van der Waals surface area contributed by atoms with E-state index in [1.807, 2.05) is 5.38 Å². The van der Waals surface area contributed by atoms with E-state index < -0.39 is 6.04 Å². The highest BCUT2D eigenvalue weighted by molar-refractivity contribution is 7.14. The maximum Gasteiger partial charge on any atom is 0.246 e. The maximum absolute atomic E-state index is 13.6. The lowest BCUT2D eigenvalue weighted by molar-refractivity contribution is -0.140. The van der Waals surface area contributed by atoms with Gasteiger partial charge < -0.3 is 15.5 Å². The minimum Gasteiger partial charge on any atom is -0.352 e. The number of benzene rings is 1. The van der Waals surface area contributed by atoms with Crippen molar-refractivity contribution in [2.24, 2.45) is 5.41 Å². The van der Waals surface area contributed by atoms with Crippen LogP contribution < -0.4 is 10.6 Å². The van der Waals surface area contributed by atoms with E-state index in [2.05, 4.69) is 63.5 Å². The number of amides is 2. The maximum atomic E-state index is 13.6. The predicted molar refractivity (Wildman–Crippen MR) is 130 cm³/mol. The second-order valence-electron chi connectivity index (χ2n) is 10.3. The zero-order valence-corrected chi connectivity index (χ0v) is 20.5. The van der Waals surface area contributed by atoms with Gasteiger partial charge in [-0.25, -0.2) is 4.98 Å². The second-order valence-corrected chi connectivity index (χ2v) is 11.1. The summed E-state index contributed by atoms with van der Waals surface area (Å²) in [5, 5.41) is 9.25. The Morgan fingerprint density at radius 3 is 2.59 bits per heavy atom. The molecule has 2 aliphatic rings. The van der Waals surface area contributed by atoms with Gasteiger partial charge in [-0.05, 0) is 50.5 Å². The number of hydrogen-bond acceptors (Lipinski definition) is 5. The molecule has 1 saturated carbocycles. The predicted octanol–water partition coefficient (Wildman–Crippen LogP) is 4.52. The summed E-state index contributed by atoms with van der Waals surface area (Å²) in [6.45, 7) is 11.0. The molecule has 172 valence electrons. The number of likely N-dealkylation sites (tertiary alicyclic amines) is 1. The first-order chi connectivity index (χ1) is 15.1. The molecule has 2 aromatic rings. The first kappa shape index (κ1) is 22.8. The third-order valence-electron chi connectivity index (χ3n) is 6.31. The Balaban J connectivity index is 1.52. The third-order valence-corrected chi connectivity index (χ3v) is 7.08. The van der Waals surface area contributed by atoms with Crippen molar-refractivity contribution in [3.8, 4) is 11.3 Å². The molecule has 2 N–H and O–H groups in total. The highest BCUT2D eigenvalue weighted by Gasteiger charge is 2.42.